The van der Waals surface area contributed by atoms with E-state index in [0.29, 0.717) is 10.9 Å². The average Bonchev–Trinajstić information content (AvgIpc) is 2.43. The van der Waals surface area contributed by atoms with Gasteiger partial charge in [-0.05, 0) is 42.3 Å². The summed E-state index contributed by atoms with van der Waals surface area (Å²) in [5.74, 6) is 0.182. The van der Waals surface area contributed by atoms with Crippen molar-refractivity contribution in [3.05, 3.63) is 52.5 Å². The number of sulfonamides is 1. The minimum absolute atomic E-state index is 0.0579. The van der Waals surface area contributed by atoms with Crippen LogP contribution < -0.4 is 10.5 Å². The number of benzene rings is 2. The molecule has 0 bridgehead atoms. The number of aromatic hydroxyl groups is 1. The van der Waals surface area contributed by atoms with Crippen LogP contribution in [0.4, 0.5) is 5.69 Å². The average molecular weight is 371 g/mol. The fourth-order valence-corrected chi connectivity index (χ4v) is 3.51. The van der Waals surface area contributed by atoms with Gasteiger partial charge in [-0.3, -0.25) is 0 Å². The molecule has 112 valence electrons. The molecule has 7 heteroatoms. The third-order valence-corrected chi connectivity index (χ3v) is 4.92. The number of phenols is 1. The van der Waals surface area contributed by atoms with Crippen molar-refractivity contribution >= 4 is 31.6 Å². The van der Waals surface area contributed by atoms with Gasteiger partial charge in [0.15, 0.2) is 0 Å². The van der Waals surface area contributed by atoms with E-state index in [-0.39, 0.29) is 22.9 Å². The number of halogens is 1. The number of phenolic OH excluding ortho intramolecular Hbond substituents is 1. The highest BCUT2D eigenvalue weighted by molar-refractivity contribution is 9.10. The Morgan fingerprint density at radius 3 is 2.48 bits per heavy atom. The summed E-state index contributed by atoms with van der Waals surface area (Å²) >= 11 is 3.23. The predicted molar refractivity (Wildman–Crippen MR) is 85.6 cm³/mol. The Kier molecular flexibility index (Phi) is 4.87. The zero-order valence-corrected chi connectivity index (χ0v) is 13.5. The van der Waals surface area contributed by atoms with Crippen LogP contribution in [0, 0.1) is 0 Å². The second-order valence-electron chi connectivity index (χ2n) is 4.50. The van der Waals surface area contributed by atoms with E-state index in [4.69, 9.17) is 5.73 Å². The molecule has 0 atom stereocenters. The summed E-state index contributed by atoms with van der Waals surface area (Å²) in [5.41, 5.74) is 6.84. The molecule has 4 N–H and O–H groups in total. The van der Waals surface area contributed by atoms with Crippen LogP contribution in [-0.2, 0) is 16.4 Å². The minimum atomic E-state index is -3.65. The second kappa shape index (κ2) is 6.46. The van der Waals surface area contributed by atoms with E-state index in [0.717, 1.165) is 5.56 Å². The predicted octanol–water partition coefficient (Wildman–Crippen LogP) is 2.26. The normalized spacial score (nSPS) is 11.5. The first-order valence-corrected chi connectivity index (χ1v) is 8.49. The maximum atomic E-state index is 12.2. The number of anilines is 1. The monoisotopic (exact) mass is 370 g/mol. The molecule has 2 aromatic carbocycles. The van der Waals surface area contributed by atoms with E-state index in [1.165, 1.54) is 6.07 Å². The van der Waals surface area contributed by atoms with Crippen molar-refractivity contribution in [2.75, 3.05) is 12.3 Å². The Morgan fingerprint density at radius 1 is 1.14 bits per heavy atom. The molecule has 0 fully saturated rings. The van der Waals surface area contributed by atoms with Crippen molar-refractivity contribution in [3.63, 3.8) is 0 Å². The molecule has 0 amide bonds. The lowest BCUT2D eigenvalue weighted by atomic mass is 10.1. The van der Waals surface area contributed by atoms with Crippen molar-refractivity contribution in [2.45, 2.75) is 11.3 Å². The van der Waals surface area contributed by atoms with Crippen molar-refractivity contribution < 1.29 is 13.5 Å². The lowest BCUT2D eigenvalue weighted by Crippen LogP contribution is -2.26. The largest absolute Gasteiger partial charge is 0.508 e. The number of hydrogen-bond donors (Lipinski definition) is 3. The summed E-state index contributed by atoms with van der Waals surface area (Å²) in [6, 6.07) is 11.3. The SMILES string of the molecule is Nc1ccc(Br)cc1S(=O)(=O)NCCc1ccc(O)cc1. The van der Waals surface area contributed by atoms with Gasteiger partial charge < -0.3 is 10.8 Å². The molecule has 2 rings (SSSR count). The van der Waals surface area contributed by atoms with Crippen LogP contribution >= 0.6 is 15.9 Å². The molecule has 5 nitrogen and oxygen atoms in total. The molecule has 0 saturated carbocycles. The molecule has 0 aliphatic heterocycles. The maximum absolute atomic E-state index is 12.2. The lowest BCUT2D eigenvalue weighted by Gasteiger charge is -2.09. The van der Waals surface area contributed by atoms with Gasteiger partial charge in [-0.1, -0.05) is 28.1 Å². The van der Waals surface area contributed by atoms with Crippen LogP contribution in [0.1, 0.15) is 5.56 Å². The summed E-state index contributed by atoms with van der Waals surface area (Å²) in [7, 11) is -3.65. The van der Waals surface area contributed by atoms with Crippen LogP contribution in [0.3, 0.4) is 0 Å². The molecular formula is C14H15BrN2O3S. The molecule has 0 spiro atoms. The van der Waals surface area contributed by atoms with Gasteiger partial charge >= 0.3 is 0 Å². The van der Waals surface area contributed by atoms with E-state index in [1.807, 2.05) is 0 Å². The number of rotatable bonds is 5. The molecule has 0 radical (unpaired) electrons. The summed E-state index contributed by atoms with van der Waals surface area (Å²) in [5, 5.41) is 9.19. The van der Waals surface area contributed by atoms with Crippen molar-refractivity contribution in [3.8, 4) is 5.75 Å². The summed E-state index contributed by atoms with van der Waals surface area (Å²) in [4.78, 5) is 0.0579. The highest BCUT2D eigenvalue weighted by atomic mass is 79.9. The second-order valence-corrected chi connectivity index (χ2v) is 7.15. The molecule has 2 aromatic rings. The van der Waals surface area contributed by atoms with E-state index >= 15 is 0 Å². The quantitative estimate of drug-likeness (QED) is 0.703. The fourth-order valence-electron chi connectivity index (χ4n) is 1.81. The fraction of sp³-hybridized carbons (Fsp3) is 0.143. The van der Waals surface area contributed by atoms with Gasteiger partial charge in [-0.25, -0.2) is 13.1 Å². The van der Waals surface area contributed by atoms with Crippen molar-refractivity contribution in [1.29, 1.82) is 0 Å². The number of hydrogen-bond acceptors (Lipinski definition) is 4. The molecular weight excluding hydrogens is 356 g/mol. The zero-order valence-electron chi connectivity index (χ0n) is 11.1. The van der Waals surface area contributed by atoms with Crippen LogP contribution in [-0.4, -0.2) is 20.1 Å². The summed E-state index contributed by atoms with van der Waals surface area (Å²) in [6.45, 7) is 0.249. The Morgan fingerprint density at radius 2 is 1.81 bits per heavy atom. The molecule has 0 heterocycles. The zero-order chi connectivity index (χ0) is 15.5. The number of nitrogens with one attached hydrogen (secondary N) is 1. The molecule has 0 aliphatic carbocycles. The Balaban J connectivity index is 2.04. The van der Waals surface area contributed by atoms with E-state index in [2.05, 4.69) is 20.7 Å². The lowest BCUT2D eigenvalue weighted by molar-refractivity contribution is 0.475. The topological polar surface area (TPSA) is 92.4 Å². The van der Waals surface area contributed by atoms with Gasteiger partial charge in [0.25, 0.3) is 0 Å². The van der Waals surface area contributed by atoms with Gasteiger partial charge in [0, 0.05) is 11.0 Å². The van der Waals surface area contributed by atoms with Gasteiger partial charge in [0.1, 0.15) is 10.6 Å². The number of nitrogens with two attached hydrogens (primary N) is 1. The molecule has 0 saturated heterocycles. The van der Waals surface area contributed by atoms with E-state index < -0.39 is 10.0 Å². The summed E-state index contributed by atoms with van der Waals surface area (Å²) < 4.78 is 27.6. The third-order valence-electron chi connectivity index (χ3n) is 2.91. The van der Waals surface area contributed by atoms with Crippen LogP contribution in [0.5, 0.6) is 5.75 Å². The highest BCUT2D eigenvalue weighted by Gasteiger charge is 2.17. The molecule has 0 aliphatic rings. The van der Waals surface area contributed by atoms with Crippen molar-refractivity contribution in [2.24, 2.45) is 0 Å². The van der Waals surface area contributed by atoms with E-state index in [1.54, 1.807) is 36.4 Å². The third kappa shape index (κ3) is 4.20. The first-order valence-electron chi connectivity index (χ1n) is 6.21. The first-order chi connectivity index (χ1) is 9.88. The van der Waals surface area contributed by atoms with Crippen LogP contribution in [0.2, 0.25) is 0 Å². The van der Waals surface area contributed by atoms with Gasteiger partial charge in [0.2, 0.25) is 10.0 Å². The van der Waals surface area contributed by atoms with Crippen LogP contribution in [0.25, 0.3) is 0 Å². The Hall–Kier alpha value is -1.57. The minimum Gasteiger partial charge on any atom is -0.508 e. The smallest absolute Gasteiger partial charge is 0.242 e. The summed E-state index contributed by atoms with van der Waals surface area (Å²) in [6.07, 6.45) is 0.521. The maximum Gasteiger partial charge on any atom is 0.242 e. The highest BCUT2D eigenvalue weighted by Crippen LogP contribution is 2.22. The van der Waals surface area contributed by atoms with Gasteiger partial charge in [0.05, 0.1) is 5.69 Å². The standard InChI is InChI=1S/C14H15BrN2O3S/c15-11-3-6-13(16)14(9-11)21(19,20)17-8-7-10-1-4-12(18)5-2-10/h1-6,9,17-18H,7-8,16H2. The molecule has 21 heavy (non-hydrogen) atoms. The molecule has 0 unspecified atom stereocenters. The van der Waals surface area contributed by atoms with Crippen molar-refractivity contribution in [1.82, 2.24) is 4.72 Å². The van der Waals surface area contributed by atoms with Gasteiger partial charge in [-0.15, -0.1) is 0 Å². The number of nitrogen functional groups attached to an aromatic ring is 1. The molecule has 0 aromatic heterocycles. The van der Waals surface area contributed by atoms with E-state index in [9.17, 15) is 13.5 Å². The Bertz CT molecular complexity index is 730. The van der Waals surface area contributed by atoms with Crippen LogP contribution in [0.15, 0.2) is 51.8 Å². The first kappa shape index (κ1) is 15.8. The van der Waals surface area contributed by atoms with Gasteiger partial charge in [-0.2, -0.15) is 0 Å². The Labute approximate surface area is 132 Å².